The van der Waals surface area contributed by atoms with E-state index in [0.29, 0.717) is 5.02 Å². The highest BCUT2D eigenvalue weighted by molar-refractivity contribution is 7.19. The van der Waals surface area contributed by atoms with E-state index in [1.165, 1.54) is 0 Å². The second kappa shape index (κ2) is 3.83. The number of fused-ring (bicyclic) bond motifs is 1. The maximum atomic E-state index is 10.7. The summed E-state index contributed by atoms with van der Waals surface area (Å²) in [5.41, 5.74) is 0.880. The Morgan fingerprint density at radius 2 is 2.27 bits per heavy atom. The lowest BCUT2D eigenvalue weighted by Gasteiger charge is -1.97. The van der Waals surface area contributed by atoms with Crippen molar-refractivity contribution in [1.29, 1.82) is 0 Å². The van der Waals surface area contributed by atoms with Crippen molar-refractivity contribution in [1.82, 2.24) is 0 Å². The molecule has 0 amide bonds. The van der Waals surface area contributed by atoms with Gasteiger partial charge in [-0.05, 0) is 23.9 Å². The molecule has 15 heavy (non-hydrogen) atoms. The predicted molar refractivity (Wildman–Crippen MR) is 62.9 cm³/mol. The summed E-state index contributed by atoms with van der Waals surface area (Å²) < 4.78 is 0.980. The highest BCUT2D eigenvalue weighted by atomic mass is 35.5. The topological polar surface area (TPSA) is 37.3 Å². The molecule has 1 aromatic carbocycles. The van der Waals surface area contributed by atoms with Crippen LogP contribution < -0.4 is 0 Å². The van der Waals surface area contributed by atoms with Crippen LogP contribution in [0.2, 0.25) is 5.02 Å². The minimum atomic E-state index is -0.808. The van der Waals surface area contributed by atoms with Gasteiger partial charge in [0, 0.05) is 4.88 Å². The first-order valence-corrected chi connectivity index (χ1v) is 5.67. The predicted octanol–water partition coefficient (Wildman–Crippen LogP) is 3.49. The van der Waals surface area contributed by atoms with E-state index in [9.17, 15) is 4.79 Å². The summed E-state index contributed by atoms with van der Waals surface area (Å²) in [6, 6.07) is 5.59. The average molecular weight is 241 g/mol. The van der Waals surface area contributed by atoms with E-state index in [-0.39, 0.29) is 6.42 Å². The van der Waals surface area contributed by atoms with Crippen LogP contribution in [0.4, 0.5) is 0 Å². The van der Waals surface area contributed by atoms with Crippen LogP contribution in [0, 0.1) is 6.92 Å². The van der Waals surface area contributed by atoms with Crippen molar-refractivity contribution in [2.24, 2.45) is 0 Å². The summed E-state index contributed by atoms with van der Waals surface area (Å²) in [5, 5.41) is 10.5. The van der Waals surface area contributed by atoms with E-state index in [1.807, 2.05) is 25.1 Å². The van der Waals surface area contributed by atoms with Crippen molar-refractivity contribution < 1.29 is 9.90 Å². The SMILES string of the molecule is Cc1sc2c(Cl)cccc2c1CC(=O)O. The van der Waals surface area contributed by atoms with Crippen LogP contribution in [-0.2, 0) is 11.2 Å². The number of carboxylic acids is 1. The summed E-state index contributed by atoms with van der Waals surface area (Å²) in [4.78, 5) is 11.7. The summed E-state index contributed by atoms with van der Waals surface area (Å²) in [5.74, 6) is -0.808. The van der Waals surface area contributed by atoms with E-state index in [0.717, 1.165) is 20.5 Å². The van der Waals surface area contributed by atoms with E-state index in [1.54, 1.807) is 11.3 Å². The number of hydrogen-bond donors (Lipinski definition) is 1. The Morgan fingerprint density at radius 3 is 2.93 bits per heavy atom. The standard InChI is InChI=1S/C11H9ClO2S/c1-6-8(5-10(13)14)7-3-2-4-9(12)11(7)15-6/h2-4H,5H2,1H3,(H,13,14). The molecule has 1 aromatic heterocycles. The van der Waals surface area contributed by atoms with Crippen molar-refractivity contribution in [3.63, 3.8) is 0 Å². The average Bonchev–Trinajstić information content (AvgIpc) is 2.45. The zero-order valence-corrected chi connectivity index (χ0v) is 9.65. The van der Waals surface area contributed by atoms with E-state index in [2.05, 4.69) is 0 Å². The molecule has 0 spiro atoms. The molecule has 1 heterocycles. The van der Waals surface area contributed by atoms with Gasteiger partial charge in [0.2, 0.25) is 0 Å². The highest BCUT2D eigenvalue weighted by Gasteiger charge is 2.13. The van der Waals surface area contributed by atoms with Gasteiger partial charge in [0.15, 0.2) is 0 Å². The summed E-state index contributed by atoms with van der Waals surface area (Å²) in [6.45, 7) is 1.93. The minimum absolute atomic E-state index is 0.0617. The van der Waals surface area contributed by atoms with Gasteiger partial charge in [-0.15, -0.1) is 11.3 Å². The third-order valence-electron chi connectivity index (χ3n) is 2.30. The number of aryl methyl sites for hydroxylation is 1. The lowest BCUT2D eigenvalue weighted by Crippen LogP contribution is -2.00. The Kier molecular flexibility index (Phi) is 2.67. The third kappa shape index (κ3) is 1.85. The molecular weight excluding hydrogens is 232 g/mol. The summed E-state index contributed by atoms with van der Waals surface area (Å²) >= 11 is 7.59. The van der Waals surface area contributed by atoms with Gasteiger partial charge < -0.3 is 5.11 Å². The molecule has 0 saturated heterocycles. The molecule has 2 aromatic rings. The fraction of sp³-hybridized carbons (Fsp3) is 0.182. The number of hydrogen-bond acceptors (Lipinski definition) is 2. The molecule has 1 N–H and O–H groups in total. The Bertz CT molecular complexity index is 531. The number of carboxylic acid groups (broad SMARTS) is 1. The van der Waals surface area contributed by atoms with Crippen LogP contribution in [0.25, 0.3) is 10.1 Å². The first-order valence-electron chi connectivity index (χ1n) is 4.48. The molecule has 0 aliphatic carbocycles. The maximum absolute atomic E-state index is 10.7. The first-order chi connectivity index (χ1) is 7.09. The lowest BCUT2D eigenvalue weighted by molar-refractivity contribution is -0.136. The molecule has 0 saturated carbocycles. The van der Waals surface area contributed by atoms with Crippen LogP contribution in [0.15, 0.2) is 18.2 Å². The van der Waals surface area contributed by atoms with Gasteiger partial charge in [-0.25, -0.2) is 0 Å². The second-order valence-electron chi connectivity index (χ2n) is 3.32. The Labute approximate surface area is 96.1 Å². The molecule has 0 aliphatic heterocycles. The number of benzene rings is 1. The molecule has 0 aliphatic rings. The van der Waals surface area contributed by atoms with Crippen molar-refractivity contribution in [3.8, 4) is 0 Å². The number of rotatable bonds is 2. The van der Waals surface area contributed by atoms with Gasteiger partial charge in [-0.3, -0.25) is 4.79 Å². The second-order valence-corrected chi connectivity index (χ2v) is 4.96. The van der Waals surface area contributed by atoms with Crippen LogP contribution in [0.5, 0.6) is 0 Å². The molecule has 0 radical (unpaired) electrons. The number of aliphatic carboxylic acids is 1. The van der Waals surface area contributed by atoms with Gasteiger partial charge in [0.1, 0.15) is 0 Å². The highest BCUT2D eigenvalue weighted by Crippen LogP contribution is 2.35. The monoisotopic (exact) mass is 240 g/mol. The van der Waals surface area contributed by atoms with Gasteiger partial charge in [-0.1, -0.05) is 23.7 Å². The quantitative estimate of drug-likeness (QED) is 0.873. The molecule has 0 bridgehead atoms. The van der Waals surface area contributed by atoms with E-state index >= 15 is 0 Å². The zero-order valence-electron chi connectivity index (χ0n) is 8.08. The van der Waals surface area contributed by atoms with Crippen molar-refractivity contribution in [2.45, 2.75) is 13.3 Å². The molecule has 0 fully saturated rings. The minimum Gasteiger partial charge on any atom is -0.481 e. The van der Waals surface area contributed by atoms with Crippen LogP contribution in [-0.4, -0.2) is 11.1 Å². The van der Waals surface area contributed by atoms with Crippen molar-refractivity contribution in [3.05, 3.63) is 33.7 Å². The number of carbonyl (C=O) groups is 1. The van der Waals surface area contributed by atoms with Crippen LogP contribution >= 0.6 is 22.9 Å². The third-order valence-corrected chi connectivity index (χ3v) is 3.92. The molecular formula is C11H9ClO2S. The van der Waals surface area contributed by atoms with Gasteiger partial charge in [0.25, 0.3) is 0 Å². The zero-order chi connectivity index (χ0) is 11.0. The normalized spacial score (nSPS) is 10.8. The summed E-state index contributed by atoms with van der Waals surface area (Å²) in [7, 11) is 0. The maximum Gasteiger partial charge on any atom is 0.307 e. The Balaban J connectivity index is 2.68. The fourth-order valence-electron chi connectivity index (χ4n) is 1.63. The van der Waals surface area contributed by atoms with Crippen molar-refractivity contribution in [2.75, 3.05) is 0 Å². The van der Waals surface area contributed by atoms with Gasteiger partial charge >= 0.3 is 5.97 Å². The number of thiophene rings is 1. The summed E-state index contributed by atoms with van der Waals surface area (Å²) in [6.07, 6.45) is 0.0617. The van der Waals surface area contributed by atoms with Gasteiger partial charge in [-0.2, -0.15) is 0 Å². The molecule has 0 atom stereocenters. The first kappa shape index (κ1) is 10.5. The van der Waals surface area contributed by atoms with E-state index < -0.39 is 5.97 Å². The van der Waals surface area contributed by atoms with Gasteiger partial charge in [0.05, 0.1) is 16.1 Å². The van der Waals surface area contributed by atoms with E-state index in [4.69, 9.17) is 16.7 Å². The molecule has 4 heteroatoms. The Hall–Kier alpha value is -1.06. The number of halogens is 1. The molecule has 2 nitrogen and oxygen atoms in total. The lowest BCUT2D eigenvalue weighted by atomic mass is 10.1. The Morgan fingerprint density at radius 1 is 1.53 bits per heavy atom. The molecule has 0 unspecified atom stereocenters. The fourth-order valence-corrected chi connectivity index (χ4v) is 2.99. The van der Waals surface area contributed by atoms with Crippen molar-refractivity contribution >= 4 is 39.0 Å². The molecule has 2 rings (SSSR count). The molecule has 78 valence electrons. The largest absolute Gasteiger partial charge is 0.481 e. The van der Waals surface area contributed by atoms with Crippen LogP contribution in [0.3, 0.4) is 0 Å². The smallest absolute Gasteiger partial charge is 0.307 e. The van der Waals surface area contributed by atoms with Crippen LogP contribution in [0.1, 0.15) is 10.4 Å².